The second kappa shape index (κ2) is 5.00. The summed E-state index contributed by atoms with van der Waals surface area (Å²) in [4.78, 5) is 21.6. The minimum atomic E-state index is -1.30. The van der Waals surface area contributed by atoms with Crippen LogP contribution in [0.1, 0.15) is 20.7 Å². The fourth-order valence-electron chi connectivity index (χ4n) is 1.78. The van der Waals surface area contributed by atoms with Crippen molar-refractivity contribution in [2.75, 3.05) is 0 Å². The fourth-order valence-corrected chi connectivity index (χ4v) is 1.78. The summed E-state index contributed by atoms with van der Waals surface area (Å²) in [7, 11) is 0. The molecule has 0 bridgehead atoms. The van der Waals surface area contributed by atoms with Crippen molar-refractivity contribution in [1.82, 2.24) is 0 Å². The summed E-state index contributed by atoms with van der Waals surface area (Å²) < 4.78 is 13.4. The molecule has 0 radical (unpaired) electrons. The van der Waals surface area contributed by atoms with E-state index in [0.29, 0.717) is 0 Å². The van der Waals surface area contributed by atoms with E-state index in [-0.39, 0.29) is 28.0 Å². The number of phenols is 1. The fraction of sp³-hybridized carbons (Fsp3) is 0. The highest BCUT2D eigenvalue weighted by atomic mass is 19.1. The molecule has 102 valence electrons. The van der Waals surface area contributed by atoms with E-state index in [2.05, 4.69) is 0 Å². The van der Waals surface area contributed by atoms with E-state index in [1.807, 2.05) is 0 Å². The molecule has 0 saturated heterocycles. The highest BCUT2D eigenvalue weighted by Crippen LogP contribution is 2.31. The Morgan fingerprint density at radius 3 is 2.10 bits per heavy atom. The molecule has 2 rings (SSSR count). The van der Waals surface area contributed by atoms with Gasteiger partial charge < -0.3 is 15.3 Å². The van der Waals surface area contributed by atoms with Crippen molar-refractivity contribution in [3.63, 3.8) is 0 Å². The lowest BCUT2D eigenvalue weighted by Gasteiger charge is -2.07. The number of halogens is 1. The summed E-state index contributed by atoms with van der Waals surface area (Å²) in [6, 6.07) is 6.66. The highest BCUT2D eigenvalue weighted by molar-refractivity contribution is 5.91. The number of benzene rings is 2. The third kappa shape index (κ3) is 2.59. The summed E-state index contributed by atoms with van der Waals surface area (Å²) in [6.07, 6.45) is 0. The van der Waals surface area contributed by atoms with Crippen molar-refractivity contribution >= 4 is 11.9 Å². The number of carboxylic acids is 2. The molecule has 0 fully saturated rings. The highest BCUT2D eigenvalue weighted by Gasteiger charge is 2.13. The van der Waals surface area contributed by atoms with E-state index >= 15 is 0 Å². The van der Waals surface area contributed by atoms with Crippen LogP contribution >= 0.6 is 0 Å². The summed E-state index contributed by atoms with van der Waals surface area (Å²) in [5.74, 6) is -3.64. The van der Waals surface area contributed by atoms with Gasteiger partial charge in [-0.05, 0) is 42.0 Å². The number of hydrogen-bond donors (Lipinski definition) is 3. The lowest BCUT2D eigenvalue weighted by atomic mass is 10.0. The Kier molecular flexibility index (Phi) is 3.39. The topological polar surface area (TPSA) is 94.8 Å². The lowest BCUT2D eigenvalue weighted by molar-refractivity contribution is 0.0686. The van der Waals surface area contributed by atoms with Gasteiger partial charge in [0.15, 0.2) is 0 Å². The zero-order valence-electron chi connectivity index (χ0n) is 10.0. The minimum Gasteiger partial charge on any atom is -0.507 e. The normalized spacial score (nSPS) is 10.2. The molecule has 20 heavy (non-hydrogen) atoms. The van der Waals surface area contributed by atoms with Crippen LogP contribution in [-0.4, -0.2) is 27.3 Å². The molecule has 0 atom stereocenters. The van der Waals surface area contributed by atoms with Crippen LogP contribution in [-0.2, 0) is 0 Å². The zero-order valence-corrected chi connectivity index (χ0v) is 10.0. The van der Waals surface area contributed by atoms with Gasteiger partial charge in [-0.15, -0.1) is 0 Å². The van der Waals surface area contributed by atoms with E-state index in [0.717, 1.165) is 18.2 Å². The van der Waals surface area contributed by atoms with E-state index in [9.17, 15) is 19.1 Å². The van der Waals surface area contributed by atoms with E-state index in [1.165, 1.54) is 18.2 Å². The second-order valence-corrected chi connectivity index (χ2v) is 4.07. The molecule has 6 heteroatoms. The molecule has 0 aromatic heterocycles. The van der Waals surface area contributed by atoms with Crippen molar-refractivity contribution in [3.8, 4) is 16.9 Å². The van der Waals surface area contributed by atoms with E-state index < -0.39 is 17.8 Å². The van der Waals surface area contributed by atoms with Gasteiger partial charge in [-0.1, -0.05) is 0 Å². The summed E-state index contributed by atoms with van der Waals surface area (Å²) >= 11 is 0. The van der Waals surface area contributed by atoms with Crippen LogP contribution in [0.25, 0.3) is 11.1 Å². The summed E-state index contributed by atoms with van der Waals surface area (Å²) in [5, 5.41) is 27.4. The van der Waals surface area contributed by atoms with Gasteiger partial charge in [-0.2, -0.15) is 0 Å². The average Bonchev–Trinajstić information content (AvgIpc) is 2.37. The van der Waals surface area contributed by atoms with Crippen LogP contribution in [0.4, 0.5) is 4.39 Å². The van der Waals surface area contributed by atoms with Crippen molar-refractivity contribution < 1.29 is 29.3 Å². The van der Waals surface area contributed by atoms with Crippen LogP contribution < -0.4 is 0 Å². The first kappa shape index (κ1) is 13.5. The molecule has 2 aromatic rings. The molecule has 0 saturated carbocycles. The monoisotopic (exact) mass is 276 g/mol. The number of aromatic hydroxyl groups is 1. The van der Waals surface area contributed by atoms with Crippen LogP contribution in [0.2, 0.25) is 0 Å². The summed E-state index contributed by atoms with van der Waals surface area (Å²) in [6.45, 7) is 0. The first-order valence-corrected chi connectivity index (χ1v) is 5.49. The van der Waals surface area contributed by atoms with Gasteiger partial charge in [0, 0.05) is 5.56 Å². The molecule has 0 amide bonds. The largest absolute Gasteiger partial charge is 0.507 e. The Balaban J connectivity index is 2.57. The number of carbonyl (C=O) groups is 2. The van der Waals surface area contributed by atoms with Crippen molar-refractivity contribution in [3.05, 3.63) is 53.3 Å². The number of hydrogen-bond acceptors (Lipinski definition) is 3. The molecule has 3 N–H and O–H groups in total. The first-order valence-electron chi connectivity index (χ1n) is 5.49. The quantitative estimate of drug-likeness (QED) is 0.800. The van der Waals surface area contributed by atoms with E-state index in [4.69, 9.17) is 10.2 Å². The number of aromatic carboxylic acids is 2. The van der Waals surface area contributed by atoms with Crippen molar-refractivity contribution in [2.45, 2.75) is 0 Å². The third-order valence-electron chi connectivity index (χ3n) is 2.70. The predicted molar refractivity (Wildman–Crippen MR) is 67.4 cm³/mol. The zero-order chi connectivity index (χ0) is 14.9. The minimum absolute atomic E-state index is 0.124. The molecule has 5 nitrogen and oxygen atoms in total. The van der Waals surface area contributed by atoms with Gasteiger partial charge in [0.25, 0.3) is 0 Å². The molecule has 0 aliphatic heterocycles. The molecule has 0 spiro atoms. The molecular formula is C14H9FO5. The van der Waals surface area contributed by atoms with Gasteiger partial charge in [0.2, 0.25) is 0 Å². The van der Waals surface area contributed by atoms with Crippen LogP contribution in [0.3, 0.4) is 0 Å². The smallest absolute Gasteiger partial charge is 0.335 e. The molecule has 0 aliphatic carbocycles. The average molecular weight is 276 g/mol. The molecule has 0 aliphatic rings. The Labute approximate surface area is 112 Å². The van der Waals surface area contributed by atoms with Gasteiger partial charge in [-0.25, -0.2) is 14.0 Å². The van der Waals surface area contributed by atoms with Gasteiger partial charge in [-0.3, -0.25) is 0 Å². The van der Waals surface area contributed by atoms with Crippen LogP contribution in [0.15, 0.2) is 36.4 Å². The first-order chi connectivity index (χ1) is 9.38. The number of phenolic OH excluding ortho intramolecular Hbond substituents is 1. The maximum absolute atomic E-state index is 13.4. The SMILES string of the molecule is O=C(O)c1cc(F)cc(-c2ccc(C(=O)O)cc2O)c1. The van der Waals surface area contributed by atoms with E-state index in [1.54, 1.807) is 0 Å². The van der Waals surface area contributed by atoms with Crippen LogP contribution in [0, 0.1) is 5.82 Å². The Bertz CT molecular complexity index is 709. The standard InChI is InChI=1S/C14H9FO5/c15-10-4-8(3-9(5-10)14(19)20)11-2-1-7(13(17)18)6-12(11)16/h1-6,16H,(H,17,18)(H,19,20). The van der Waals surface area contributed by atoms with Crippen molar-refractivity contribution in [2.24, 2.45) is 0 Å². The number of carboxylic acid groups (broad SMARTS) is 2. The maximum atomic E-state index is 13.4. The second-order valence-electron chi connectivity index (χ2n) is 4.07. The van der Waals surface area contributed by atoms with Crippen LogP contribution in [0.5, 0.6) is 5.75 Å². The number of rotatable bonds is 3. The maximum Gasteiger partial charge on any atom is 0.335 e. The molecule has 0 unspecified atom stereocenters. The Morgan fingerprint density at radius 1 is 0.900 bits per heavy atom. The van der Waals surface area contributed by atoms with Gasteiger partial charge >= 0.3 is 11.9 Å². The molecule has 2 aromatic carbocycles. The Morgan fingerprint density at radius 2 is 1.55 bits per heavy atom. The molecular weight excluding hydrogens is 267 g/mol. The van der Waals surface area contributed by atoms with Gasteiger partial charge in [0.05, 0.1) is 11.1 Å². The predicted octanol–water partition coefficient (Wildman–Crippen LogP) is 2.59. The third-order valence-corrected chi connectivity index (χ3v) is 2.70. The van der Waals surface area contributed by atoms with Crippen molar-refractivity contribution in [1.29, 1.82) is 0 Å². The summed E-state index contributed by atoms with van der Waals surface area (Å²) in [5.41, 5.74) is -0.0864. The van der Waals surface area contributed by atoms with Gasteiger partial charge in [0.1, 0.15) is 11.6 Å². The Hall–Kier alpha value is -2.89. The lowest BCUT2D eigenvalue weighted by Crippen LogP contribution is -1.98. The molecule has 0 heterocycles.